The van der Waals surface area contributed by atoms with Crippen LogP contribution in [0.15, 0.2) is 30.3 Å². The summed E-state index contributed by atoms with van der Waals surface area (Å²) < 4.78 is 0. The van der Waals surface area contributed by atoms with Crippen LogP contribution in [0, 0.1) is 0 Å². The van der Waals surface area contributed by atoms with Gasteiger partial charge >= 0.3 is 5.97 Å². The molecule has 1 atom stereocenters. The fourth-order valence-corrected chi connectivity index (χ4v) is 1.99. The molecule has 1 aromatic carbocycles. The van der Waals surface area contributed by atoms with Gasteiger partial charge in [-0.1, -0.05) is 30.3 Å². The van der Waals surface area contributed by atoms with Crippen LogP contribution in [0.3, 0.4) is 0 Å². The van der Waals surface area contributed by atoms with E-state index in [9.17, 15) is 14.7 Å². The lowest BCUT2D eigenvalue weighted by Crippen LogP contribution is -2.61. The number of aliphatic carboxylic acids is 1. The van der Waals surface area contributed by atoms with Crippen molar-refractivity contribution in [3.63, 3.8) is 0 Å². The minimum atomic E-state index is -1.72. The molecule has 0 aliphatic heterocycles. The Balaban J connectivity index is 2.51. The molecule has 0 saturated carbocycles. The lowest BCUT2D eigenvalue weighted by molar-refractivity contribution is -0.147. The molecule has 0 aliphatic rings. The average molecular weight is 293 g/mol. The molecule has 0 bridgehead atoms. The van der Waals surface area contributed by atoms with Crippen LogP contribution in [0.4, 0.5) is 0 Å². The minimum absolute atomic E-state index is 0.197. The van der Waals surface area contributed by atoms with E-state index in [1.165, 1.54) is 0 Å². The third-order valence-corrected chi connectivity index (χ3v) is 3.21. The molecule has 1 unspecified atom stereocenters. The number of ketones is 1. The normalized spacial score (nSPS) is 13.6. The Kier molecular flexibility index (Phi) is 7.01. The molecule has 0 fully saturated rings. The summed E-state index contributed by atoms with van der Waals surface area (Å²) in [7, 11) is 0. The van der Waals surface area contributed by atoms with Gasteiger partial charge in [-0.15, -0.1) is 0 Å². The number of carboxylic acid groups (broad SMARTS) is 1. The number of nitrogens with two attached hydrogens (primary N) is 2. The molecule has 6 N–H and O–H groups in total. The molecule has 21 heavy (non-hydrogen) atoms. The highest BCUT2D eigenvalue weighted by Gasteiger charge is 2.35. The summed E-state index contributed by atoms with van der Waals surface area (Å²) in [5.41, 5.74) is 10.5. The second-order valence-corrected chi connectivity index (χ2v) is 5.05. The summed E-state index contributed by atoms with van der Waals surface area (Å²) >= 11 is 0. The van der Waals surface area contributed by atoms with E-state index in [1.807, 2.05) is 30.3 Å². The van der Waals surface area contributed by atoms with Crippen molar-refractivity contribution in [2.24, 2.45) is 11.5 Å². The third kappa shape index (κ3) is 6.03. The number of carbonyl (C=O) groups is 2. The lowest BCUT2D eigenvalue weighted by atomic mass is 10.0. The van der Waals surface area contributed by atoms with Crippen molar-refractivity contribution < 1.29 is 14.7 Å². The van der Waals surface area contributed by atoms with Gasteiger partial charge in [0.05, 0.1) is 0 Å². The Bertz CT molecular complexity index is 464. The van der Waals surface area contributed by atoms with Gasteiger partial charge < -0.3 is 16.6 Å². The molecule has 6 nitrogen and oxygen atoms in total. The van der Waals surface area contributed by atoms with E-state index in [4.69, 9.17) is 11.5 Å². The van der Waals surface area contributed by atoms with Gasteiger partial charge in [0.1, 0.15) is 5.78 Å². The fourth-order valence-electron chi connectivity index (χ4n) is 1.99. The second-order valence-electron chi connectivity index (χ2n) is 5.05. The lowest BCUT2D eigenvalue weighted by Gasteiger charge is -2.25. The van der Waals surface area contributed by atoms with Crippen molar-refractivity contribution in [1.29, 1.82) is 0 Å². The average Bonchev–Trinajstić information content (AvgIpc) is 2.46. The van der Waals surface area contributed by atoms with Gasteiger partial charge in [-0.05, 0) is 24.9 Å². The summed E-state index contributed by atoms with van der Waals surface area (Å²) in [5, 5.41) is 12.0. The molecule has 116 valence electrons. The number of hydrogen-bond acceptors (Lipinski definition) is 5. The first kappa shape index (κ1) is 17.3. The monoisotopic (exact) mass is 293 g/mol. The van der Waals surface area contributed by atoms with E-state index < -0.39 is 11.6 Å². The molecule has 0 spiro atoms. The van der Waals surface area contributed by atoms with Crippen molar-refractivity contribution in [2.75, 3.05) is 13.1 Å². The zero-order valence-corrected chi connectivity index (χ0v) is 12.0. The van der Waals surface area contributed by atoms with E-state index in [2.05, 4.69) is 5.32 Å². The maximum atomic E-state index is 11.7. The van der Waals surface area contributed by atoms with E-state index in [0.29, 0.717) is 25.9 Å². The first-order valence-corrected chi connectivity index (χ1v) is 7.01. The minimum Gasteiger partial charge on any atom is -0.479 e. The molecular weight excluding hydrogens is 270 g/mol. The molecule has 0 amide bonds. The van der Waals surface area contributed by atoms with E-state index >= 15 is 0 Å². The summed E-state index contributed by atoms with van der Waals surface area (Å²) in [6.45, 7) is 0.787. The number of Topliss-reactive ketones (excluding diaryl/α,β-unsaturated/α-hetero) is 1. The first-order chi connectivity index (χ1) is 9.98. The van der Waals surface area contributed by atoms with E-state index in [-0.39, 0.29) is 18.6 Å². The number of carboxylic acids is 1. The van der Waals surface area contributed by atoms with Crippen LogP contribution in [0.25, 0.3) is 0 Å². The number of nitrogens with one attached hydrogen (secondary N) is 1. The highest BCUT2D eigenvalue weighted by molar-refractivity contribution is 5.88. The van der Waals surface area contributed by atoms with Crippen molar-refractivity contribution in [3.8, 4) is 0 Å². The smallest absolute Gasteiger partial charge is 0.339 e. The summed E-state index contributed by atoms with van der Waals surface area (Å²) in [6.07, 6.45) is 1.20. The van der Waals surface area contributed by atoms with Crippen molar-refractivity contribution in [2.45, 2.75) is 31.3 Å². The Morgan fingerprint density at radius 2 is 1.90 bits per heavy atom. The molecule has 0 heterocycles. The first-order valence-electron chi connectivity index (χ1n) is 7.01. The Morgan fingerprint density at radius 1 is 1.24 bits per heavy atom. The van der Waals surface area contributed by atoms with Crippen LogP contribution in [0.1, 0.15) is 24.8 Å². The summed E-state index contributed by atoms with van der Waals surface area (Å²) in [4.78, 5) is 23.0. The van der Waals surface area contributed by atoms with Gasteiger partial charge in [-0.25, -0.2) is 4.79 Å². The van der Waals surface area contributed by atoms with Crippen molar-refractivity contribution in [1.82, 2.24) is 5.32 Å². The molecule has 1 rings (SSSR count). The van der Waals surface area contributed by atoms with E-state index in [0.717, 1.165) is 5.56 Å². The van der Waals surface area contributed by atoms with Crippen LogP contribution in [0.5, 0.6) is 0 Å². The number of carbonyl (C=O) groups excluding carboxylic acids is 1. The molecule has 0 saturated heterocycles. The number of rotatable bonds is 10. The zero-order chi connectivity index (χ0) is 15.7. The van der Waals surface area contributed by atoms with Gasteiger partial charge in [0.25, 0.3) is 0 Å². The van der Waals surface area contributed by atoms with Crippen LogP contribution < -0.4 is 16.8 Å². The Hall–Kier alpha value is -1.76. The molecule has 0 aromatic heterocycles. The predicted molar refractivity (Wildman–Crippen MR) is 80.6 cm³/mol. The fraction of sp³-hybridized carbons (Fsp3) is 0.467. The quantitative estimate of drug-likeness (QED) is 0.459. The topological polar surface area (TPSA) is 118 Å². The Morgan fingerprint density at radius 3 is 2.48 bits per heavy atom. The van der Waals surface area contributed by atoms with Gasteiger partial charge in [-0.3, -0.25) is 10.1 Å². The highest BCUT2D eigenvalue weighted by Crippen LogP contribution is 2.08. The molecule has 1 aromatic rings. The number of hydrogen-bond donors (Lipinski definition) is 4. The number of benzene rings is 1. The Labute approximate surface area is 124 Å². The molecule has 6 heteroatoms. The zero-order valence-electron chi connectivity index (χ0n) is 12.0. The van der Waals surface area contributed by atoms with Gasteiger partial charge in [0.15, 0.2) is 5.66 Å². The maximum Gasteiger partial charge on any atom is 0.339 e. The van der Waals surface area contributed by atoms with Crippen molar-refractivity contribution in [3.05, 3.63) is 35.9 Å². The highest BCUT2D eigenvalue weighted by atomic mass is 16.4. The largest absolute Gasteiger partial charge is 0.479 e. The second kappa shape index (κ2) is 8.51. The van der Waals surface area contributed by atoms with Gasteiger partial charge in [-0.2, -0.15) is 0 Å². The van der Waals surface area contributed by atoms with Crippen LogP contribution in [0.2, 0.25) is 0 Å². The molecule has 0 radical (unpaired) electrons. The molecular formula is C15H23N3O3. The van der Waals surface area contributed by atoms with Crippen LogP contribution >= 0.6 is 0 Å². The SMILES string of the molecule is NCCCC(=O)CC(N)(NCCc1ccccc1)C(=O)O. The van der Waals surface area contributed by atoms with E-state index in [1.54, 1.807) is 0 Å². The summed E-state index contributed by atoms with van der Waals surface area (Å²) in [6, 6.07) is 9.65. The third-order valence-electron chi connectivity index (χ3n) is 3.21. The summed E-state index contributed by atoms with van der Waals surface area (Å²) in [5.74, 6) is -1.42. The van der Waals surface area contributed by atoms with Crippen LogP contribution in [-0.2, 0) is 16.0 Å². The van der Waals surface area contributed by atoms with Crippen LogP contribution in [-0.4, -0.2) is 35.6 Å². The molecule has 0 aliphatic carbocycles. The standard InChI is InChI=1S/C15H23N3O3/c16-9-4-7-13(19)11-15(17,14(20)21)18-10-8-12-5-2-1-3-6-12/h1-3,5-6,18H,4,7-11,16-17H2,(H,20,21). The van der Waals surface area contributed by atoms with Gasteiger partial charge in [0.2, 0.25) is 0 Å². The van der Waals surface area contributed by atoms with Crippen molar-refractivity contribution >= 4 is 11.8 Å². The maximum absolute atomic E-state index is 11.7. The van der Waals surface area contributed by atoms with Gasteiger partial charge in [0, 0.05) is 19.4 Å². The predicted octanol–water partition coefficient (Wildman–Crippen LogP) is 0.256.